The lowest BCUT2D eigenvalue weighted by Gasteiger charge is -2.13. The third-order valence-corrected chi connectivity index (χ3v) is 6.93. The normalized spacial score (nSPS) is 12.6. The molecule has 1 aromatic heterocycles. The Morgan fingerprint density at radius 3 is 2.52 bits per heavy atom. The van der Waals surface area contributed by atoms with E-state index in [2.05, 4.69) is 0 Å². The van der Waals surface area contributed by atoms with Crippen molar-refractivity contribution in [2.45, 2.75) is 18.4 Å². The smallest absolute Gasteiger partial charge is 0.337 e. The number of sulfonamides is 1. The molecule has 0 aliphatic carbocycles. The fourth-order valence-electron chi connectivity index (χ4n) is 3.63. The molecule has 0 bridgehead atoms. The largest absolute Gasteiger partial charge is 0.478 e. The molecule has 164 valence electrons. The van der Waals surface area contributed by atoms with Gasteiger partial charge in [0.25, 0.3) is 0 Å². The first-order valence-corrected chi connectivity index (χ1v) is 11.0. The van der Waals surface area contributed by atoms with Crippen LogP contribution in [-0.4, -0.2) is 49.0 Å². The molecular weight excluding hydrogens is 421 g/mol. The highest BCUT2D eigenvalue weighted by molar-refractivity contribution is 7.89. The highest BCUT2D eigenvalue weighted by Crippen LogP contribution is 2.37. The van der Waals surface area contributed by atoms with Crippen molar-refractivity contribution in [1.82, 2.24) is 8.87 Å². The number of aromatic carboxylic acids is 1. The number of fused-ring (bicyclic) bond motifs is 1. The summed E-state index contributed by atoms with van der Waals surface area (Å²) in [7, 11) is -0.767. The summed E-state index contributed by atoms with van der Waals surface area (Å²) in [4.78, 5) is 12.0. The zero-order valence-corrected chi connectivity index (χ0v) is 18.3. The van der Waals surface area contributed by atoms with E-state index >= 15 is 0 Å². The number of carbonyl (C=O) groups is 1. The van der Waals surface area contributed by atoms with Crippen LogP contribution in [0, 0.1) is 6.92 Å². The standard InChI is InChI=1S/C22H24FN3O4S/c1-14-20(15-6-4-7-17(12-15)31(29,30)25(2)3)18-8-5-9-19(22(27)28)21(18)26(14)13-16(23)10-11-24/h4-10,12H,11,13,24H2,1-3H3,(H,27,28)/b16-10-. The average molecular weight is 446 g/mol. The van der Waals surface area contributed by atoms with Gasteiger partial charge in [0, 0.05) is 37.3 Å². The van der Waals surface area contributed by atoms with Crippen LogP contribution in [0.3, 0.4) is 0 Å². The van der Waals surface area contributed by atoms with Crippen molar-refractivity contribution >= 4 is 26.9 Å². The fourth-order valence-corrected chi connectivity index (χ4v) is 4.58. The summed E-state index contributed by atoms with van der Waals surface area (Å²) in [5, 5.41) is 10.3. The molecule has 7 nitrogen and oxygen atoms in total. The highest BCUT2D eigenvalue weighted by Gasteiger charge is 2.23. The summed E-state index contributed by atoms with van der Waals surface area (Å²) >= 11 is 0. The number of hydrogen-bond donors (Lipinski definition) is 2. The second kappa shape index (κ2) is 8.62. The summed E-state index contributed by atoms with van der Waals surface area (Å²) in [6.07, 6.45) is 1.23. The van der Waals surface area contributed by atoms with Crippen LogP contribution >= 0.6 is 0 Å². The van der Waals surface area contributed by atoms with Crippen molar-refractivity contribution in [2.24, 2.45) is 5.73 Å². The second-order valence-electron chi connectivity index (χ2n) is 7.26. The topological polar surface area (TPSA) is 106 Å². The van der Waals surface area contributed by atoms with E-state index < -0.39 is 21.8 Å². The number of carboxylic acid groups (broad SMARTS) is 1. The lowest BCUT2D eigenvalue weighted by molar-refractivity contribution is 0.0698. The molecule has 0 unspecified atom stereocenters. The van der Waals surface area contributed by atoms with Gasteiger partial charge in [0.15, 0.2) is 0 Å². The Bertz CT molecular complexity index is 1290. The van der Waals surface area contributed by atoms with Gasteiger partial charge in [0.2, 0.25) is 10.0 Å². The van der Waals surface area contributed by atoms with E-state index in [1.54, 1.807) is 41.8 Å². The molecule has 0 saturated carbocycles. The molecule has 0 fully saturated rings. The third kappa shape index (κ3) is 4.12. The minimum Gasteiger partial charge on any atom is -0.478 e. The van der Waals surface area contributed by atoms with Crippen molar-refractivity contribution in [3.8, 4) is 11.1 Å². The Labute approximate surface area is 180 Å². The van der Waals surface area contributed by atoms with Crippen LogP contribution in [0.5, 0.6) is 0 Å². The predicted molar refractivity (Wildman–Crippen MR) is 118 cm³/mol. The molecule has 31 heavy (non-hydrogen) atoms. The number of hydrogen-bond acceptors (Lipinski definition) is 4. The molecule has 0 radical (unpaired) electrons. The molecule has 9 heteroatoms. The monoisotopic (exact) mass is 445 g/mol. The molecule has 0 aliphatic heterocycles. The zero-order chi connectivity index (χ0) is 22.9. The number of aromatic nitrogens is 1. The summed E-state index contributed by atoms with van der Waals surface area (Å²) in [5.41, 5.74) is 7.66. The molecule has 0 spiro atoms. The number of nitrogens with zero attached hydrogens (tertiary/aromatic N) is 2. The van der Waals surface area contributed by atoms with Crippen LogP contribution < -0.4 is 5.73 Å². The van der Waals surface area contributed by atoms with Crippen LogP contribution in [0.15, 0.2) is 59.3 Å². The van der Waals surface area contributed by atoms with Crippen molar-refractivity contribution < 1.29 is 22.7 Å². The molecular formula is C22H24FN3O4S. The Balaban J connectivity index is 2.35. The quantitative estimate of drug-likeness (QED) is 0.580. The summed E-state index contributed by atoms with van der Waals surface area (Å²) in [6.45, 7) is 1.59. The molecule has 3 rings (SSSR count). The Morgan fingerprint density at radius 1 is 1.23 bits per heavy atom. The molecule has 0 saturated heterocycles. The molecule has 1 heterocycles. The van der Waals surface area contributed by atoms with Gasteiger partial charge in [-0.25, -0.2) is 21.9 Å². The van der Waals surface area contributed by atoms with Crippen molar-refractivity contribution in [1.29, 1.82) is 0 Å². The van der Waals surface area contributed by atoms with Gasteiger partial charge in [0.05, 0.1) is 22.5 Å². The first-order valence-electron chi connectivity index (χ1n) is 9.52. The van der Waals surface area contributed by atoms with Gasteiger partial charge in [-0.05, 0) is 36.8 Å². The van der Waals surface area contributed by atoms with Gasteiger partial charge in [-0.1, -0.05) is 24.3 Å². The molecule has 3 N–H and O–H groups in total. The summed E-state index contributed by atoms with van der Waals surface area (Å²) in [6, 6.07) is 11.2. The average Bonchev–Trinajstić information content (AvgIpc) is 2.99. The molecule has 0 amide bonds. The maximum Gasteiger partial charge on any atom is 0.337 e. The minimum absolute atomic E-state index is 0.0210. The number of para-hydroxylation sites is 1. The Kier molecular flexibility index (Phi) is 6.30. The van der Waals surface area contributed by atoms with E-state index in [9.17, 15) is 22.7 Å². The maximum absolute atomic E-state index is 14.4. The predicted octanol–water partition coefficient (Wildman–Crippen LogP) is 3.38. The third-order valence-electron chi connectivity index (χ3n) is 5.12. The first kappa shape index (κ1) is 22.7. The van der Waals surface area contributed by atoms with E-state index in [0.717, 1.165) is 4.31 Å². The molecule has 3 aromatic rings. The van der Waals surface area contributed by atoms with Crippen LogP contribution in [0.4, 0.5) is 4.39 Å². The second-order valence-corrected chi connectivity index (χ2v) is 9.41. The van der Waals surface area contributed by atoms with E-state index in [0.29, 0.717) is 27.7 Å². The van der Waals surface area contributed by atoms with E-state index in [1.165, 1.54) is 32.3 Å². The van der Waals surface area contributed by atoms with Crippen LogP contribution in [0.2, 0.25) is 0 Å². The van der Waals surface area contributed by atoms with Crippen molar-refractivity contribution in [2.75, 3.05) is 20.6 Å². The molecule has 0 atom stereocenters. The fraction of sp³-hybridized carbons (Fsp3) is 0.227. The van der Waals surface area contributed by atoms with Gasteiger partial charge in [-0.3, -0.25) is 0 Å². The Morgan fingerprint density at radius 2 is 1.90 bits per heavy atom. The molecule has 0 aliphatic rings. The SMILES string of the molecule is Cc1c(-c2cccc(S(=O)(=O)N(C)C)c2)c2cccc(C(=O)O)c2n1C/C(F)=C/CN. The minimum atomic E-state index is -3.67. The number of carboxylic acids is 1. The molecule has 2 aromatic carbocycles. The van der Waals surface area contributed by atoms with Crippen molar-refractivity contribution in [3.63, 3.8) is 0 Å². The van der Waals surface area contributed by atoms with E-state index in [-0.39, 0.29) is 23.5 Å². The highest BCUT2D eigenvalue weighted by atomic mass is 32.2. The Hall–Kier alpha value is -3.01. The van der Waals surface area contributed by atoms with Gasteiger partial charge in [-0.2, -0.15) is 0 Å². The van der Waals surface area contributed by atoms with Gasteiger partial charge in [0.1, 0.15) is 5.83 Å². The zero-order valence-electron chi connectivity index (χ0n) is 17.5. The summed E-state index contributed by atoms with van der Waals surface area (Å²) < 4.78 is 42.3. The van der Waals surface area contributed by atoms with E-state index in [4.69, 9.17) is 5.73 Å². The van der Waals surface area contributed by atoms with E-state index in [1.807, 2.05) is 0 Å². The number of nitrogens with two attached hydrogens (primary N) is 1. The number of benzene rings is 2. The lowest BCUT2D eigenvalue weighted by Crippen LogP contribution is -2.22. The van der Waals surface area contributed by atoms with Gasteiger partial charge in [-0.15, -0.1) is 0 Å². The lowest BCUT2D eigenvalue weighted by atomic mass is 10.0. The van der Waals surface area contributed by atoms with Crippen molar-refractivity contribution in [3.05, 3.63) is 65.6 Å². The van der Waals surface area contributed by atoms with Gasteiger partial charge >= 0.3 is 5.97 Å². The first-order chi connectivity index (χ1) is 14.6. The maximum atomic E-state index is 14.4. The van der Waals surface area contributed by atoms with Crippen LogP contribution in [0.25, 0.3) is 22.0 Å². The number of allylic oxidation sites excluding steroid dienone is 1. The van der Waals surface area contributed by atoms with Crippen LogP contribution in [0.1, 0.15) is 16.1 Å². The number of halogens is 1. The van der Waals surface area contributed by atoms with Crippen LogP contribution in [-0.2, 0) is 16.6 Å². The van der Waals surface area contributed by atoms with Gasteiger partial charge < -0.3 is 15.4 Å². The number of rotatable bonds is 7. The summed E-state index contributed by atoms with van der Waals surface area (Å²) in [5.74, 6) is -1.62.